The maximum Gasteiger partial charge on any atom is 0.233 e. The molecule has 2 aromatic rings. The van der Waals surface area contributed by atoms with Crippen molar-refractivity contribution >= 4 is 34.8 Å². The topological polar surface area (TPSA) is 63.3 Å². The zero-order valence-electron chi connectivity index (χ0n) is 17.3. The second-order valence-corrected chi connectivity index (χ2v) is 9.07. The van der Waals surface area contributed by atoms with Crippen LogP contribution in [0.15, 0.2) is 36.4 Å². The van der Waals surface area contributed by atoms with Crippen molar-refractivity contribution in [2.45, 2.75) is 25.2 Å². The molecule has 0 aliphatic carbocycles. The van der Waals surface area contributed by atoms with Crippen molar-refractivity contribution in [2.24, 2.45) is 5.92 Å². The lowest BCUT2D eigenvalue weighted by Crippen LogP contribution is -2.71. The van der Waals surface area contributed by atoms with E-state index in [0.29, 0.717) is 28.2 Å². The molecule has 0 aromatic heterocycles. The fourth-order valence-corrected chi connectivity index (χ4v) is 5.08. The number of nitrogens with one attached hydrogen (secondary N) is 1. The van der Waals surface area contributed by atoms with Crippen LogP contribution >= 0.6 is 23.8 Å². The third kappa shape index (κ3) is 3.16. The van der Waals surface area contributed by atoms with Crippen LogP contribution in [-0.2, 0) is 11.3 Å². The van der Waals surface area contributed by atoms with E-state index >= 15 is 0 Å². The number of ether oxygens (including phenoxy) is 3. The summed E-state index contributed by atoms with van der Waals surface area (Å²) in [5, 5.41) is 4.47. The molecule has 5 rings (SSSR count). The molecule has 2 bridgehead atoms. The van der Waals surface area contributed by atoms with Crippen molar-refractivity contribution in [1.29, 1.82) is 0 Å². The number of carbonyl (C=O) groups is 1. The minimum absolute atomic E-state index is 0.0520. The number of halogens is 1. The molecule has 31 heavy (non-hydrogen) atoms. The number of benzene rings is 2. The molecule has 3 aliphatic rings. The Balaban J connectivity index is 1.58. The van der Waals surface area contributed by atoms with Crippen molar-refractivity contribution < 1.29 is 19.0 Å². The molecule has 1 N–H and O–H groups in total. The zero-order valence-corrected chi connectivity index (χ0v) is 18.9. The Kier molecular flexibility index (Phi) is 4.67. The summed E-state index contributed by atoms with van der Waals surface area (Å²) < 4.78 is 17.4. The average Bonchev–Trinajstić information content (AvgIpc) is 3.19. The maximum atomic E-state index is 13.3. The van der Waals surface area contributed by atoms with Crippen LogP contribution in [0.3, 0.4) is 0 Å². The number of amides is 1. The Morgan fingerprint density at radius 3 is 2.74 bits per heavy atom. The fraction of sp³-hybridized carbons (Fsp3) is 0.364. The SMILES string of the molecule is CN(C)C(=O)[C@H]1[C@H]2NC(=S)N(Cc3ccc4c(c3)OCO4)[C@@]1(C)Oc1ccc(Cl)cc12. The maximum absolute atomic E-state index is 13.3. The van der Waals surface area contributed by atoms with Crippen LogP contribution < -0.4 is 19.5 Å². The fourth-order valence-electron chi connectivity index (χ4n) is 4.53. The first-order valence-corrected chi connectivity index (χ1v) is 10.7. The molecule has 7 nitrogen and oxygen atoms in total. The van der Waals surface area contributed by atoms with Crippen LogP contribution in [0, 0.1) is 5.92 Å². The normalized spacial score (nSPS) is 25.4. The Morgan fingerprint density at radius 2 is 1.97 bits per heavy atom. The van der Waals surface area contributed by atoms with Gasteiger partial charge in [-0.15, -0.1) is 0 Å². The largest absolute Gasteiger partial charge is 0.467 e. The Bertz CT molecular complexity index is 1090. The number of fused-ring (bicyclic) bond motifs is 5. The van der Waals surface area contributed by atoms with Gasteiger partial charge in [0.1, 0.15) is 11.7 Å². The quantitative estimate of drug-likeness (QED) is 0.706. The number of carbonyl (C=O) groups excluding carboxylic acids is 1. The first-order chi connectivity index (χ1) is 14.8. The van der Waals surface area contributed by atoms with E-state index in [2.05, 4.69) is 5.32 Å². The van der Waals surface area contributed by atoms with Crippen LogP contribution in [0.25, 0.3) is 0 Å². The third-order valence-corrected chi connectivity index (χ3v) is 6.65. The highest BCUT2D eigenvalue weighted by atomic mass is 35.5. The molecular weight excluding hydrogens is 438 g/mol. The van der Waals surface area contributed by atoms with E-state index in [4.69, 9.17) is 38.0 Å². The van der Waals surface area contributed by atoms with Crippen LogP contribution in [0.2, 0.25) is 5.02 Å². The van der Waals surface area contributed by atoms with Crippen molar-refractivity contribution in [1.82, 2.24) is 15.1 Å². The van der Waals surface area contributed by atoms with Gasteiger partial charge in [-0.3, -0.25) is 4.79 Å². The summed E-state index contributed by atoms with van der Waals surface area (Å²) in [6, 6.07) is 10.9. The predicted octanol–water partition coefficient (Wildman–Crippen LogP) is 3.31. The molecule has 9 heteroatoms. The molecule has 3 aliphatic heterocycles. The predicted molar refractivity (Wildman–Crippen MR) is 119 cm³/mol. The van der Waals surface area contributed by atoms with Crippen molar-refractivity contribution in [3.8, 4) is 17.2 Å². The van der Waals surface area contributed by atoms with Crippen LogP contribution in [0.5, 0.6) is 17.2 Å². The molecule has 3 atom stereocenters. The molecule has 162 valence electrons. The summed E-state index contributed by atoms with van der Waals surface area (Å²) in [4.78, 5) is 16.9. The number of hydrogen-bond donors (Lipinski definition) is 1. The highest BCUT2D eigenvalue weighted by Crippen LogP contribution is 2.49. The zero-order chi connectivity index (χ0) is 21.9. The molecule has 0 radical (unpaired) electrons. The van der Waals surface area contributed by atoms with Gasteiger partial charge in [0.2, 0.25) is 12.7 Å². The summed E-state index contributed by atoms with van der Waals surface area (Å²) in [7, 11) is 3.49. The van der Waals surface area contributed by atoms with E-state index in [1.807, 2.05) is 42.2 Å². The standard InChI is InChI=1S/C22H22ClN3O4S/c1-22-18(20(27)25(2)3)19(14-9-13(23)5-7-15(14)30-22)24-21(31)26(22)10-12-4-6-16-17(8-12)29-11-28-16/h4-9,18-19H,10-11H2,1-3H3,(H,24,31)/t18-,19+,22+/m1/s1. The molecule has 1 amide bonds. The first-order valence-electron chi connectivity index (χ1n) is 9.94. The third-order valence-electron chi connectivity index (χ3n) is 6.08. The molecule has 0 unspecified atom stereocenters. The van der Waals surface area contributed by atoms with Gasteiger partial charge in [-0.1, -0.05) is 17.7 Å². The molecule has 2 aromatic carbocycles. The van der Waals surface area contributed by atoms with Crippen LogP contribution in [-0.4, -0.2) is 47.4 Å². The minimum atomic E-state index is -0.994. The summed E-state index contributed by atoms with van der Waals surface area (Å²) in [5.41, 5.74) is 0.802. The molecule has 0 saturated carbocycles. The van der Waals surface area contributed by atoms with Gasteiger partial charge in [-0.2, -0.15) is 0 Å². The highest BCUT2D eigenvalue weighted by Gasteiger charge is 2.58. The number of nitrogens with zero attached hydrogens (tertiary/aromatic N) is 2. The monoisotopic (exact) mass is 459 g/mol. The summed E-state index contributed by atoms with van der Waals surface area (Å²) in [6.07, 6.45) is 0. The number of rotatable bonds is 3. The van der Waals surface area contributed by atoms with Gasteiger partial charge in [0.05, 0.1) is 6.04 Å². The first kappa shape index (κ1) is 20.2. The lowest BCUT2D eigenvalue weighted by Gasteiger charge is -2.56. The summed E-state index contributed by atoms with van der Waals surface area (Å²) in [6.45, 7) is 2.57. The molecular formula is C22H22ClN3O4S. The molecule has 1 saturated heterocycles. The van der Waals surface area contributed by atoms with E-state index in [-0.39, 0.29) is 18.7 Å². The van der Waals surface area contributed by atoms with E-state index in [1.54, 1.807) is 25.1 Å². The van der Waals surface area contributed by atoms with E-state index < -0.39 is 11.6 Å². The summed E-state index contributed by atoms with van der Waals surface area (Å²) >= 11 is 12.0. The van der Waals surface area contributed by atoms with E-state index in [0.717, 1.165) is 16.9 Å². The Hall–Kier alpha value is -2.71. The second-order valence-electron chi connectivity index (χ2n) is 8.25. The van der Waals surface area contributed by atoms with Crippen molar-refractivity contribution in [2.75, 3.05) is 20.9 Å². The average molecular weight is 460 g/mol. The second kappa shape index (κ2) is 7.17. The molecule has 0 spiro atoms. The Labute approximate surface area is 190 Å². The van der Waals surface area contributed by atoms with Crippen LogP contribution in [0.4, 0.5) is 0 Å². The number of hydrogen-bond acceptors (Lipinski definition) is 5. The molecule has 1 fully saturated rings. The molecule has 3 heterocycles. The van der Waals surface area contributed by atoms with Crippen molar-refractivity contribution in [3.63, 3.8) is 0 Å². The van der Waals surface area contributed by atoms with Gasteiger partial charge in [0, 0.05) is 31.2 Å². The van der Waals surface area contributed by atoms with Gasteiger partial charge in [-0.25, -0.2) is 0 Å². The van der Waals surface area contributed by atoms with E-state index in [1.165, 1.54) is 0 Å². The van der Waals surface area contributed by atoms with Crippen molar-refractivity contribution in [3.05, 3.63) is 52.5 Å². The van der Waals surface area contributed by atoms with Gasteiger partial charge >= 0.3 is 0 Å². The number of thiocarbonyl (C=S) groups is 1. The lowest BCUT2D eigenvalue weighted by molar-refractivity contribution is -0.162. The van der Waals surface area contributed by atoms with Gasteiger partial charge in [0.15, 0.2) is 22.3 Å². The summed E-state index contributed by atoms with van der Waals surface area (Å²) in [5.74, 6) is 1.51. The van der Waals surface area contributed by atoms with Gasteiger partial charge in [0.25, 0.3) is 0 Å². The Morgan fingerprint density at radius 1 is 1.23 bits per heavy atom. The van der Waals surface area contributed by atoms with Gasteiger partial charge < -0.3 is 29.3 Å². The van der Waals surface area contributed by atoms with E-state index in [9.17, 15) is 4.79 Å². The minimum Gasteiger partial charge on any atom is -0.467 e. The smallest absolute Gasteiger partial charge is 0.233 e. The van der Waals surface area contributed by atoms with Gasteiger partial charge in [-0.05, 0) is 55.0 Å². The lowest BCUT2D eigenvalue weighted by atomic mass is 9.78. The highest BCUT2D eigenvalue weighted by molar-refractivity contribution is 7.80. The van der Waals surface area contributed by atoms with Crippen LogP contribution in [0.1, 0.15) is 24.1 Å².